The number of nitrogen functional groups attached to an aromatic ring is 1. The fourth-order valence-corrected chi connectivity index (χ4v) is 3.64. The van der Waals surface area contributed by atoms with E-state index in [-0.39, 0.29) is 11.3 Å². The first-order chi connectivity index (χ1) is 9.70. The molecule has 1 unspecified atom stereocenters. The Morgan fingerprint density at radius 2 is 1.95 bits per heavy atom. The van der Waals surface area contributed by atoms with Crippen LogP contribution in [-0.2, 0) is 0 Å². The lowest BCUT2D eigenvalue weighted by atomic mass is 9.94. The van der Waals surface area contributed by atoms with Gasteiger partial charge in [0.15, 0.2) is 0 Å². The fraction of sp³-hybridized carbons (Fsp3) is 0.714. The maximum Gasteiger partial charge on any atom is 0.230 e. The van der Waals surface area contributed by atoms with E-state index in [1.165, 1.54) is 12.8 Å². The minimum absolute atomic E-state index is 0.226. The van der Waals surface area contributed by atoms with Crippen LogP contribution in [0.2, 0.25) is 0 Å². The second-order valence-electron chi connectivity index (χ2n) is 6.44. The maximum absolute atomic E-state index is 8.97. The first kappa shape index (κ1) is 11.9. The van der Waals surface area contributed by atoms with Crippen molar-refractivity contribution in [3.8, 4) is 6.07 Å². The van der Waals surface area contributed by atoms with Crippen LogP contribution in [0.5, 0.6) is 0 Å². The van der Waals surface area contributed by atoms with Crippen LogP contribution >= 0.6 is 0 Å². The van der Waals surface area contributed by atoms with Crippen molar-refractivity contribution in [3.05, 3.63) is 5.82 Å². The summed E-state index contributed by atoms with van der Waals surface area (Å²) in [7, 11) is 0. The van der Waals surface area contributed by atoms with E-state index in [1.54, 1.807) is 0 Å². The Balaban J connectivity index is 1.53. The number of nitrogens with two attached hydrogens (primary N) is 1. The number of hydrogen-bond donors (Lipinski definition) is 1. The monoisotopic (exact) mass is 270 g/mol. The Labute approximate surface area is 118 Å². The third kappa shape index (κ3) is 1.73. The van der Waals surface area contributed by atoms with Crippen molar-refractivity contribution >= 4 is 11.9 Å². The number of rotatable bonds is 2. The topological polar surface area (TPSA) is 91.7 Å². The van der Waals surface area contributed by atoms with Crippen molar-refractivity contribution in [1.29, 1.82) is 5.26 Å². The Kier molecular flexibility index (Phi) is 2.40. The van der Waals surface area contributed by atoms with Crippen molar-refractivity contribution in [2.24, 2.45) is 11.3 Å². The summed E-state index contributed by atoms with van der Waals surface area (Å²) in [6.45, 7) is 1.78. The summed E-state index contributed by atoms with van der Waals surface area (Å²) in [6.07, 6.45) is 5.84. The second kappa shape index (κ2) is 4.05. The molecule has 104 valence electrons. The first-order valence-electron chi connectivity index (χ1n) is 7.36. The van der Waals surface area contributed by atoms with Crippen LogP contribution in [0.1, 0.15) is 43.8 Å². The number of aromatic nitrogens is 3. The Bertz CT molecular complexity index is 580. The van der Waals surface area contributed by atoms with Gasteiger partial charge in [-0.15, -0.1) is 0 Å². The van der Waals surface area contributed by atoms with Crippen LogP contribution < -0.4 is 10.6 Å². The van der Waals surface area contributed by atoms with Gasteiger partial charge in [-0.25, -0.2) is 0 Å². The lowest BCUT2D eigenvalue weighted by Gasteiger charge is -2.40. The molecule has 6 nitrogen and oxygen atoms in total. The predicted molar refractivity (Wildman–Crippen MR) is 73.8 cm³/mol. The Morgan fingerprint density at radius 1 is 1.20 bits per heavy atom. The molecule has 4 rings (SSSR count). The van der Waals surface area contributed by atoms with E-state index in [0.717, 1.165) is 38.2 Å². The Morgan fingerprint density at radius 3 is 2.60 bits per heavy atom. The molecule has 20 heavy (non-hydrogen) atoms. The highest BCUT2D eigenvalue weighted by atomic mass is 15.3. The van der Waals surface area contributed by atoms with Crippen molar-refractivity contribution in [1.82, 2.24) is 15.0 Å². The van der Waals surface area contributed by atoms with E-state index in [2.05, 4.69) is 25.9 Å². The van der Waals surface area contributed by atoms with Crippen LogP contribution in [0.15, 0.2) is 0 Å². The van der Waals surface area contributed by atoms with E-state index in [1.807, 2.05) is 0 Å². The molecule has 2 saturated carbocycles. The number of nitriles is 1. The average molecular weight is 270 g/mol. The summed E-state index contributed by atoms with van der Waals surface area (Å²) in [4.78, 5) is 15.3. The molecule has 0 radical (unpaired) electrons. The average Bonchev–Trinajstić information content (AvgIpc) is 2.88. The molecule has 0 bridgehead atoms. The molecule has 2 N–H and O–H groups in total. The summed E-state index contributed by atoms with van der Waals surface area (Å²) < 4.78 is 0. The summed E-state index contributed by atoms with van der Waals surface area (Å²) in [5, 5.41) is 8.97. The third-order valence-corrected chi connectivity index (χ3v) is 5.02. The van der Waals surface area contributed by atoms with E-state index in [4.69, 9.17) is 11.0 Å². The summed E-state index contributed by atoms with van der Waals surface area (Å²) >= 11 is 0. The number of nitrogens with zero attached hydrogens (tertiary/aromatic N) is 5. The number of anilines is 2. The molecule has 1 spiro atoms. The van der Waals surface area contributed by atoms with Crippen LogP contribution in [0, 0.1) is 22.7 Å². The molecule has 1 aromatic heterocycles. The van der Waals surface area contributed by atoms with Gasteiger partial charge in [-0.1, -0.05) is 12.8 Å². The largest absolute Gasteiger partial charge is 0.368 e. The van der Waals surface area contributed by atoms with Crippen molar-refractivity contribution in [2.75, 3.05) is 23.7 Å². The van der Waals surface area contributed by atoms with E-state index in [9.17, 15) is 0 Å². The van der Waals surface area contributed by atoms with Gasteiger partial charge in [0.2, 0.25) is 11.9 Å². The molecule has 2 aliphatic carbocycles. The van der Waals surface area contributed by atoms with Gasteiger partial charge in [0.05, 0.1) is 12.0 Å². The summed E-state index contributed by atoms with van der Waals surface area (Å²) in [5.41, 5.74) is 6.06. The summed E-state index contributed by atoms with van der Waals surface area (Å²) in [6, 6.07) is 2.37. The zero-order chi connectivity index (χ0) is 13.7. The van der Waals surface area contributed by atoms with Gasteiger partial charge >= 0.3 is 0 Å². The van der Waals surface area contributed by atoms with Crippen LogP contribution in [0.3, 0.4) is 0 Å². The van der Waals surface area contributed by atoms with Gasteiger partial charge < -0.3 is 10.6 Å². The van der Waals surface area contributed by atoms with Gasteiger partial charge in [-0.3, -0.25) is 0 Å². The number of hydrogen-bond acceptors (Lipinski definition) is 6. The zero-order valence-corrected chi connectivity index (χ0v) is 11.4. The fourth-order valence-electron chi connectivity index (χ4n) is 3.64. The molecule has 1 aliphatic heterocycles. The van der Waals surface area contributed by atoms with E-state index < -0.39 is 0 Å². The smallest absolute Gasteiger partial charge is 0.230 e. The van der Waals surface area contributed by atoms with E-state index in [0.29, 0.717) is 17.8 Å². The quantitative estimate of drug-likeness (QED) is 0.874. The molecule has 0 amide bonds. The highest BCUT2D eigenvalue weighted by molar-refractivity contribution is 5.43. The van der Waals surface area contributed by atoms with Gasteiger partial charge in [0.25, 0.3) is 0 Å². The SMILES string of the molecule is N#CC1CC12CN(c1nc(N)nc(C3CCCC3)n1)C2. The molecule has 0 aromatic carbocycles. The first-order valence-corrected chi connectivity index (χ1v) is 7.36. The molecule has 3 fully saturated rings. The van der Waals surface area contributed by atoms with Crippen molar-refractivity contribution in [3.63, 3.8) is 0 Å². The highest BCUT2D eigenvalue weighted by Crippen LogP contribution is 2.58. The molecule has 1 atom stereocenters. The molecular weight excluding hydrogens is 252 g/mol. The van der Waals surface area contributed by atoms with Crippen LogP contribution in [-0.4, -0.2) is 28.0 Å². The van der Waals surface area contributed by atoms with Crippen molar-refractivity contribution in [2.45, 2.75) is 38.0 Å². The third-order valence-electron chi connectivity index (χ3n) is 5.02. The highest BCUT2D eigenvalue weighted by Gasteiger charge is 2.62. The van der Waals surface area contributed by atoms with Crippen LogP contribution in [0.25, 0.3) is 0 Å². The molecule has 3 aliphatic rings. The molecule has 2 heterocycles. The lowest BCUT2D eigenvalue weighted by Crippen LogP contribution is -2.50. The standard InChI is InChI=1S/C14H18N6/c15-6-10-5-14(10)7-20(8-14)13-18-11(17-12(16)19-13)9-3-1-2-4-9/h9-10H,1-5,7-8H2,(H2,16,17,18,19). The Hall–Kier alpha value is -1.90. The lowest BCUT2D eigenvalue weighted by molar-refractivity contribution is 0.362. The zero-order valence-electron chi connectivity index (χ0n) is 11.4. The second-order valence-corrected chi connectivity index (χ2v) is 6.44. The molecule has 1 saturated heterocycles. The predicted octanol–water partition coefficient (Wildman–Crippen LogP) is 1.46. The molecular formula is C14H18N6. The van der Waals surface area contributed by atoms with E-state index >= 15 is 0 Å². The van der Waals surface area contributed by atoms with Gasteiger partial charge in [0.1, 0.15) is 5.82 Å². The van der Waals surface area contributed by atoms with Gasteiger partial charge in [0, 0.05) is 24.4 Å². The van der Waals surface area contributed by atoms with Crippen LogP contribution in [0.4, 0.5) is 11.9 Å². The minimum atomic E-state index is 0.226. The maximum atomic E-state index is 8.97. The normalized spacial score (nSPS) is 27.4. The summed E-state index contributed by atoms with van der Waals surface area (Å²) in [5.74, 6) is 2.56. The van der Waals surface area contributed by atoms with Gasteiger partial charge in [-0.05, 0) is 19.3 Å². The molecule has 6 heteroatoms. The van der Waals surface area contributed by atoms with Crippen molar-refractivity contribution < 1.29 is 0 Å². The molecule has 1 aromatic rings. The van der Waals surface area contributed by atoms with Gasteiger partial charge in [-0.2, -0.15) is 20.2 Å². The minimum Gasteiger partial charge on any atom is -0.368 e.